The van der Waals surface area contributed by atoms with Gasteiger partial charge in [-0.15, -0.1) is 0 Å². The molecule has 0 saturated carbocycles. The molecule has 0 aliphatic rings. The van der Waals surface area contributed by atoms with Gasteiger partial charge in [0, 0.05) is 6.42 Å². The van der Waals surface area contributed by atoms with E-state index in [0.29, 0.717) is 0 Å². The van der Waals surface area contributed by atoms with E-state index in [0.717, 1.165) is 0 Å². The Labute approximate surface area is 56.0 Å². The normalized spacial score (nSPS) is 11.2. The van der Waals surface area contributed by atoms with E-state index >= 15 is 0 Å². The van der Waals surface area contributed by atoms with Crippen molar-refractivity contribution in [1.29, 1.82) is 0 Å². The number of esters is 1. The van der Waals surface area contributed by atoms with Crippen LogP contribution < -0.4 is 0 Å². The molecule has 5 heteroatoms. The third kappa shape index (κ3) is 3.32. The van der Waals surface area contributed by atoms with Crippen LogP contribution in [-0.2, 0) is 9.53 Å². The fraction of sp³-hybridized carbons (Fsp3) is 0.800. The van der Waals surface area contributed by atoms with Crippen LogP contribution in [0.3, 0.4) is 0 Å². The summed E-state index contributed by atoms with van der Waals surface area (Å²) in [5.74, 6) is -1.11. The average Bonchev–Trinajstić information content (AvgIpc) is 1.87. The molecule has 0 unspecified atom stereocenters. The van der Waals surface area contributed by atoms with Crippen molar-refractivity contribution in [2.45, 2.75) is 19.5 Å². The van der Waals surface area contributed by atoms with Crippen LogP contribution >= 0.6 is 0 Å². The summed E-state index contributed by atoms with van der Waals surface area (Å²) >= 11 is 0. The summed E-state index contributed by atoms with van der Waals surface area (Å²) in [7, 11) is 0. The van der Waals surface area contributed by atoms with Gasteiger partial charge in [-0.3, -0.25) is 4.79 Å². The first kappa shape index (κ1) is 9.26. The van der Waals surface area contributed by atoms with Crippen molar-refractivity contribution < 1.29 is 22.7 Å². The number of hydrogen-bond donors (Lipinski definition) is 0. The van der Waals surface area contributed by atoms with Crippen molar-refractivity contribution in [2.24, 2.45) is 0 Å². The van der Waals surface area contributed by atoms with Crippen LogP contribution in [0.25, 0.3) is 0 Å². The molecule has 0 atom stereocenters. The lowest BCUT2D eigenvalue weighted by Gasteiger charge is -2.11. The number of ether oxygens (including phenoxy) is 1. The zero-order valence-corrected chi connectivity index (χ0v) is 5.36. The minimum atomic E-state index is -3.95. The van der Waals surface area contributed by atoms with Crippen LogP contribution in [0.15, 0.2) is 0 Å². The molecule has 0 aromatic carbocycles. The van der Waals surface area contributed by atoms with Crippen molar-refractivity contribution in [2.75, 3.05) is 6.67 Å². The first-order valence-corrected chi connectivity index (χ1v) is 2.67. The predicted molar refractivity (Wildman–Crippen MR) is 27.3 cm³/mol. The quantitative estimate of drug-likeness (QED) is 0.579. The SMILES string of the molecule is CCC(=O)OC(F)(F)CF. The van der Waals surface area contributed by atoms with Crippen LogP contribution in [-0.4, -0.2) is 18.8 Å². The van der Waals surface area contributed by atoms with Gasteiger partial charge >= 0.3 is 12.1 Å². The molecule has 2 nitrogen and oxygen atoms in total. The minimum Gasteiger partial charge on any atom is -0.399 e. The Morgan fingerprint density at radius 1 is 1.60 bits per heavy atom. The molecule has 0 rings (SSSR count). The van der Waals surface area contributed by atoms with Crippen LogP contribution in [0.2, 0.25) is 0 Å². The summed E-state index contributed by atoms with van der Waals surface area (Å²) in [5, 5.41) is 0. The van der Waals surface area contributed by atoms with Gasteiger partial charge < -0.3 is 4.74 Å². The molecule has 10 heavy (non-hydrogen) atoms. The number of halogens is 3. The number of rotatable bonds is 3. The summed E-state index contributed by atoms with van der Waals surface area (Å²) in [6.45, 7) is -0.630. The Balaban J connectivity index is 3.76. The first-order valence-electron chi connectivity index (χ1n) is 2.67. The van der Waals surface area contributed by atoms with E-state index < -0.39 is 18.8 Å². The molecule has 0 fully saturated rings. The monoisotopic (exact) mass is 156 g/mol. The maximum atomic E-state index is 11.8. The van der Waals surface area contributed by atoms with E-state index in [2.05, 4.69) is 4.74 Å². The van der Waals surface area contributed by atoms with Gasteiger partial charge in [-0.1, -0.05) is 6.92 Å². The molecule has 0 aliphatic heterocycles. The van der Waals surface area contributed by atoms with Crippen molar-refractivity contribution in [3.05, 3.63) is 0 Å². The van der Waals surface area contributed by atoms with Gasteiger partial charge in [0.1, 0.15) is 0 Å². The summed E-state index contributed by atoms with van der Waals surface area (Å²) in [6, 6.07) is 0. The molecule has 0 N–H and O–H groups in total. The zero-order chi connectivity index (χ0) is 8.20. The fourth-order valence-corrected chi connectivity index (χ4v) is 0.266. The summed E-state index contributed by atoms with van der Waals surface area (Å²) in [4.78, 5) is 10.1. The van der Waals surface area contributed by atoms with Crippen LogP contribution in [0.5, 0.6) is 0 Å². The van der Waals surface area contributed by atoms with Crippen LogP contribution in [0, 0.1) is 0 Å². The van der Waals surface area contributed by atoms with Crippen molar-refractivity contribution in [3.8, 4) is 0 Å². The van der Waals surface area contributed by atoms with Gasteiger partial charge in [0.25, 0.3) is 0 Å². The maximum Gasteiger partial charge on any atom is 0.429 e. The molecular weight excluding hydrogens is 149 g/mol. The topological polar surface area (TPSA) is 26.3 Å². The average molecular weight is 156 g/mol. The molecular formula is C5H7F3O2. The molecule has 60 valence electrons. The van der Waals surface area contributed by atoms with E-state index in [9.17, 15) is 18.0 Å². The highest BCUT2D eigenvalue weighted by Gasteiger charge is 2.33. The lowest BCUT2D eigenvalue weighted by atomic mass is 10.5. The molecule has 0 aromatic rings. The second-order valence-corrected chi connectivity index (χ2v) is 1.60. The standard InChI is InChI=1S/C5H7F3O2/c1-2-4(9)10-5(7,8)3-6/h2-3H2,1H3. The van der Waals surface area contributed by atoms with Crippen molar-refractivity contribution in [1.82, 2.24) is 0 Å². The van der Waals surface area contributed by atoms with Crippen molar-refractivity contribution in [3.63, 3.8) is 0 Å². The first-order chi connectivity index (χ1) is 4.52. The molecule has 0 aromatic heterocycles. The van der Waals surface area contributed by atoms with Crippen LogP contribution in [0.1, 0.15) is 13.3 Å². The molecule has 0 spiro atoms. The van der Waals surface area contributed by atoms with Gasteiger partial charge in [-0.2, -0.15) is 8.78 Å². The van der Waals surface area contributed by atoms with E-state index in [-0.39, 0.29) is 6.42 Å². The Kier molecular flexibility index (Phi) is 3.18. The summed E-state index contributed by atoms with van der Waals surface area (Å²) < 4.78 is 38.2. The third-order valence-electron chi connectivity index (χ3n) is 0.707. The van der Waals surface area contributed by atoms with Gasteiger partial charge in [-0.05, 0) is 0 Å². The van der Waals surface area contributed by atoms with Gasteiger partial charge in [0.15, 0.2) is 6.67 Å². The number of carbonyl (C=O) groups is 1. The fourth-order valence-electron chi connectivity index (χ4n) is 0.266. The smallest absolute Gasteiger partial charge is 0.399 e. The second kappa shape index (κ2) is 3.43. The minimum absolute atomic E-state index is 0.185. The molecule has 0 radical (unpaired) electrons. The zero-order valence-electron chi connectivity index (χ0n) is 5.36. The van der Waals surface area contributed by atoms with E-state index in [1.165, 1.54) is 6.92 Å². The van der Waals surface area contributed by atoms with Crippen LogP contribution in [0.4, 0.5) is 13.2 Å². The molecule has 0 bridgehead atoms. The van der Waals surface area contributed by atoms with Gasteiger partial charge in [-0.25, -0.2) is 4.39 Å². The largest absolute Gasteiger partial charge is 0.429 e. The van der Waals surface area contributed by atoms with Crippen molar-refractivity contribution >= 4 is 5.97 Å². The van der Waals surface area contributed by atoms with E-state index in [1.807, 2.05) is 0 Å². The Morgan fingerprint density at radius 2 is 2.10 bits per heavy atom. The number of carbonyl (C=O) groups excluding carboxylic acids is 1. The molecule has 0 aliphatic carbocycles. The van der Waals surface area contributed by atoms with Gasteiger partial charge in [0.05, 0.1) is 0 Å². The van der Waals surface area contributed by atoms with E-state index in [1.54, 1.807) is 0 Å². The Hall–Kier alpha value is -0.740. The highest BCUT2D eigenvalue weighted by atomic mass is 19.3. The highest BCUT2D eigenvalue weighted by Crippen LogP contribution is 2.15. The lowest BCUT2D eigenvalue weighted by Crippen LogP contribution is -2.26. The maximum absolute atomic E-state index is 11.8. The number of hydrogen-bond acceptors (Lipinski definition) is 2. The molecule has 0 amide bonds. The number of alkyl halides is 3. The summed E-state index contributed by atoms with van der Waals surface area (Å²) in [5.41, 5.74) is 0. The van der Waals surface area contributed by atoms with Gasteiger partial charge in [0.2, 0.25) is 0 Å². The van der Waals surface area contributed by atoms with E-state index in [4.69, 9.17) is 0 Å². The summed E-state index contributed by atoms with van der Waals surface area (Å²) in [6.07, 6.45) is -4.14. The Morgan fingerprint density at radius 3 is 2.40 bits per heavy atom. The predicted octanol–water partition coefficient (Wildman–Crippen LogP) is 1.50. The molecule has 0 saturated heterocycles. The third-order valence-corrected chi connectivity index (χ3v) is 0.707. The highest BCUT2D eigenvalue weighted by molar-refractivity contribution is 5.69. The second-order valence-electron chi connectivity index (χ2n) is 1.60. The molecule has 0 heterocycles. The lowest BCUT2D eigenvalue weighted by molar-refractivity contribution is -0.238. The Bertz CT molecular complexity index is 124.